The Morgan fingerprint density at radius 2 is 1.59 bits per heavy atom. The van der Waals surface area contributed by atoms with Crippen LogP contribution in [0.4, 0.5) is 5.69 Å². The van der Waals surface area contributed by atoms with Crippen molar-refractivity contribution in [3.8, 4) is 5.75 Å². The number of aryl methyl sites for hydroxylation is 2. The van der Waals surface area contributed by atoms with Gasteiger partial charge in [0.1, 0.15) is 5.75 Å². The second kappa shape index (κ2) is 8.39. The van der Waals surface area contributed by atoms with E-state index in [0.29, 0.717) is 16.7 Å². The summed E-state index contributed by atoms with van der Waals surface area (Å²) in [5, 5.41) is 0. The molecule has 4 aromatic rings. The molecule has 0 radical (unpaired) electrons. The smallest absolute Gasteiger partial charge is 0.363 e. The number of carbonyl (C=O) groups is 1. The third-order valence-electron chi connectivity index (χ3n) is 5.21. The molecule has 0 spiro atoms. The van der Waals surface area contributed by atoms with Crippen molar-refractivity contribution >= 4 is 32.7 Å². The summed E-state index contributed by atoms with van der Waals surface area (Å²) in [6.07, 6.45) is 1.36. The van der Waals surface area contributed by atoms with Gasteiger partial charge < -0.3 is 4.74 Å². The number of para-hydroxylation sites is 2. The van der Waals surface area contributed by atoms with Gasteiger partial charge in [0.2, 0.25) is 0 Å². The van der Waals surface area contributed by atoms with E-state index < -0.39 is 16.0 Å². The van der Waals surface area contributed by atoms with Gasteiger partial charge in [-0.3, -0.25) is 9.29 Å². The number of hydrogen-bond acceptors (Lipinski definition) is 6. The Bertz CT molecular complexity index is 1420. The second-order valence-electron chi connectivity index (χ2n) is 7.35. The maximum Gasteiger partial charge on any atom is 0.363 e. The molecule has 162 valence electrons. The lowest BCUT2D eigenvalue weighted by Crippen LogP contribution is -2.26. The maximum atomic E-state index is 13.0. The zero-order valence-corrected chi connectivity index (χ0v) is 18.6. The molecule has 0 fully saturated rings. The summed E-state index contributed by atoms with van der Waals surface area (Å²) in [5.74, 6) is -0.377. The molecule has 8 heteroatoms. The minimum Gasteiger partial charge on any atom is -0.422 e. The van der Waals surface area contributed by atoms with Crippen LogP contribution in [0.25, 0.3) is 11.0 Å². The first-order valence-electron chi connectivity index (χ1n) is 9.86. The fourth-order valence-electron chi connectivity index (χ4n) is 3.11. The van der Waals surface area contributed by atoms with Crippen molar-refractivity contribution in [2.75, 3.05) is 11.4 Å². The van der Waals surface area contributed by atoms with Gasteiger partial charge in [-0.25, -0.2) is 18.2 Å². The second-order valence-corrected chi connectivity index (χ2v) is 9.32. The highest BCUT2D eigenvalue weighted by molar-refractivity contribution is 7.92. The van der Waals surface area contributed by atoms with Gasteiger partial charge in [-0.1, -0.05) is 18.2 Å². The molecule has 1 aromatic heterocycles. The molecular formula is C24H21N3O4S. The van der Waals surface area contributed by atoms with Gasteiger partial charge in [-0.15, -0.1) is 0 Å². The van der Waals surface area contributed by atoms with E-state index in [1.54, 1.807) is 42.5 Å². The lowest BCUT2D eigenvalue weighted by molar-refractivity contribution is 0.0728. The number of rotatable bonds is 5. The molecule has 0 aliphatic rings. The summed E-state index contributed by atoms with van der Waals surface area (Å²) >= 11 is 0. The first-order valence-corrected chi connectivity index (χ1v) is 11.3. The highest BCUT2D eigenvalue weighted by atomic mass is 32.2. The molecule has 0 saturated heterocycles. The predicted molar refractivity (Wildman–Crippen MR) is 122 cm³/mol. The topological polar surface area (TPSA) is 89.5 Å². The third-order valence-corrected chi connectivity index (χ3v) is 6.99. The summed E-state index contributed by atoms with van der Waals surface area (Å²) in [7, 11) is -2.24. The van der Waals surface area contributed by atoms with E-state index in [0.717, 1.165) is 11.1 Å². The lowest BCUT2D eigenvalue weighted by Gasteiger charge is -2.20. The molecule has 0 aliphatic carbocycles. The highest BCUT2D eigenvalue weighted by Gasteiger charge is 2.22. The van der Waals surface area contributed by atoms with Gasteiger partial charge in [0.25, 0.3) is 10.0 Å². The molecule has 0 aliphatic heterocycles. The normalized spacial score (nSPS) is 11.3. The molecular weight excluding hydrogens is 426 g/mol. The summed E-state index contributed by atoms with van der Waals surface area (Å²) < 4.78 is 32.5. The number of sulfonamides is 1. The first kappa shape index (κ1) is 21.5. The van der Waals surface area contributed by atoms with Gasteiger partial charge in [-0.05, 0) is 73.5 Å². The Hall–Kier alpha value is -3.78. The van der Waals surface area contributed by atoms with Gasteiger partial charge in [-0.2, -0.15) is 0 Å². The van der Waals surface area contributed by atoms with E-state index in [-0.39, 0.29) is 16.3 Å². The number of aromatic nitrogens is 2. The van der Waals surface area contributed by atoms with Gasteiger partial charge in [0, 0.05) is 7.05 Å². The molecule has 0 bridgehead atoms. The molecule has 1 heterocycles. The van der Waals surface area contributed by atoms with Crippen molar-refractivity contribution in [2.24, 2.45) is 0 Å². The van der Waals surface area contributed by atoms with Crippen LogP contribution in [0.15, 0.2) is 77.8 Å². The van der Waals surface area contributed by atoms with E-state index in [4.69, 9.17) is 4.74 Å². The summed E-state index contributed by atoms with van der Waals surface area (Å²) in [6, 6.07) is 18.5. The first-order chi connectivity index (χ1) is 15.3. The Morgan fingerprint density at radius 1 is 0.906 bits per heavy atom. The van der Waals surface area contributed by atoms with Gasteiger partial charge >= 0.3 is 5.97 Å². The molecule has 0 amide bonds. The van der Waals surface area contributed by atoms with E-state index in [1.807, 2.05) is 26.0 Å². The van der Waals surface area contributed by atoms with Crippen molar-refractivity contribution in [1.82, 2.24) is 9.97 Å². The molecule has 0 N–H and O–H groups in total. The zero-order valence-electron chi connectivity index (χ0n) is 17.8. The summed E-state index contributed by atoms with van der Waals surface area (Å²) in [6.45, 7) is 3.80. The fraction of sp³-hybridized carbons (Fsp3) is 0.125. The van der Waals surface area contributed by atoms with Crippen LogP contribution in [0.2, 0.25) is 0 Å². The van der Waals surface area contributed by atoms with Crippen LogP contribution in [0, 0.1) is 13.8 Å². The largest absolute Gasteiger partial charge is 0.422 e. The van der Waals surface area contributed by atoms with Crippen molar-refractivity contribution in [2.45, 2.75) is 18.7 Å². The number of ether oxygens (including phenoxy) is 1. The fourth-order valence-corrected chi connectivity index (χ4v) is 4.39. The van der Waals surface area contributed by atoms with Gasteiger partial charge in [0.05, 0.1) is 27.8 Å². The lowest BCUT2D eigenvalue weighted by atomic mass is 10.1. The predicted octanol–water partition coefficient (Wildman–Crippen LogP) is 4.29. The van der Waals surface area contributed by atoms with Crippen LogP contribution < -0.4 is 9.04 Å². The Kier molecular flexibility index (Phi) is 5.63. The average molecular weight is 448 g/mol. The van der Waals surface area contributed by atoms with Crippen molar-refractivity contribution in [3.63, 3.8) is 0 Å². The van der Waals surface area contributed by atoms with Crippen LogP contribution in [0.5, 0.6) is 5.75 Å². The number of benzene rings is 3. The monoisotopic (exact) mass is 447 g/mol. The maximum absolute atomic E-state index is 13.0. The van der Waals surface area contributed by atoms with Crippen LogP contribution in [-0.2, 0) is 10.0 Å². The van der Waals surface area contributed by atoms with Crippen LogP contribution in [0.3, 0.4) is 0 Å². The Labute approximate surface area is 186 Å². The number of esters is 1. The Morgan fingerprint density at radius 3 is 2.28 bits per heavy atom. The van der Waals surface area contributed by atoms with Crippen molar-refractivity contribution in [1.29, 1.82) is 0 Å². The van der Waals surface area contributed by atoms with E-state index in [9.17, 15) is 13.2 Å². The zero-order chi connectivity index (χ0) is 22.9. The van der Waals surface area contributed by atoms with Crippen molar-refractivity contribution < 1.29 is 17.9 Å². The molecule has 3 aromatic carbocycles. The summed E-state index contributed by atoms with van der Waals surface area (Å²) in [5.41, 5.74) is 3.72. The Balaban J connectivity index is 1.51. The SMILES string of the molecule is Cc1ccc(S(=O)(=O)N(C)c2ccc(OC(=O)c3cnc4ccccc4n3)cc2)cc1C. The average Bonchev–Trinajstić information content (AvgIpc) is 2.80. The minimum atomic E-state index is -3.72. The molecule has 7 nitrogen and oxygen atoms in total. The third kappa shape index (κ3) is 4.17. The molecule has 0 saturated carbocycles. The standard InChI is InChI=1S/C24H21N3O4S/c1-16-8-13-20(14-17(16)2)32(29,30)27(3)18-9-11-19(12-10-18)31-24(28)23-15-25-21-6-4-5-7-22(21)26-23/h4-15H,1-3H3. The van der Waals surface area contributed by atoms with E-state index in [2.05, 4.69) is 9.97 Å². The number of carbonyl (C=O) groups excluding carboxylic acids is 1. The number of nitrogens with zero attached hydrogens (tertiary/aromatic N) is 3. The molecule has 4 rings (SSSR count). The van der Waals surface area contributed by atoms with Gasteiger partial charge in [0.15, 0.2) is 5.69 Å². The van der Waals surface area contributed by atoms with Crippen LogP contribution >= 0.6 is 0 Å². The van der Waals surface area contributed by atoms with Crippen molar-refractivity contribution in [3.05, 3.63) is 89.7 Å². The molecule has 32 heavy (non-hydrogen) atoms. The van der Waals surface area contributed by atoms with Crippen LogP contribution in [0.1, 0.15) is 21.6 Å². The number of anilines is 1. The minimum absolute atomic E-state index is 0.0854. The highest BCUT2D eigenvalue weighted by Crippen LogP contribution is 2.26. The molecule has 0 unspecified atom stereocenters. The number of hydrogen-bond donors (Lipinski definition) is 0. The summed E-state index contributed by atoms with van der Waals surface area (Å²) in [4.78, 5) is 21.1. The van der Waals surface area contributed by atoms with E-state index >= 15 is 0 Å². The number of fused-ring (bicyclic) bond motifs is 1. The molecule has 0 atom stereocenters. The van der Waals surface area contributed by atoms with E-state index in [1.165, 1.54) is 29.7 Å². The quantitative estimate of drug-likeness (QED) is 0.335. The van der Waals surface area contributed by atoms with Crippen LogP contribution in [-0.4, -0.2) is 31.4 Å².